The van der Waals surface area contributed by atoms with E-state index in [1.807, 2.05) is 19.1 Å². The number of hydrogen-bond donors (Lipinski definition) is 1. The van der Waals surface area contributed by atoms with Crippen LogP contribution in [0.2, 0.25) is 5.02 Å². The van der Waals surface area contributed by atoms with Gasteiger partial charge in [0.2, 0.25) is 0 Å². The maximum absolute atomic E-state index is 5.95. The van der Waals surface area contributed by atoms with Crippen molar-refractivity contribution < 1.29 is 0 Å². The van der Waals surface area contributed by atoms with Gasteiger partial charge in [0.1, 0.15) is 0 Å². The maximum Gasteiger partial charge on any atom is 0.0636 e. The van der Waals surface area contributed by atoms with Crippen LogP contribution >= 0.6 is 27.5 Å². The highest BCUT2D eigenvalue weighted by molar-refractivity contribution is 9.10. The van der Waals surface area contributed by atoms with Crippen LogP contribution in [0, 0.1) is 6.92 Å². The Morgan fingerprint density at radius 1 is 1.58 bits per heavy atom. The van der Waals surface area contributed by atoms with E-state index in [4.69, 9.17) is 17.4 Å². The van der Waals surface area contributed by atoms with Gasteiger partial charge >= 0.3 is 0 Å². The average Bonchev–Trinajstić information content (AvgIpc) is 2.00. The third kappa shape index (κ3) is 1.99. The summed E-state index contributed by atoms with van der Waals surface area (Å²) in [7, 11) is 0. The Kier molecular flexibility index (Phi) is 3.12. The molecule has 2 nitrogen and oxygen atoms in total. The normalized spacial score (nSPS) is 10.9. The van der Waals surface area contributed by atoms with E-state index in [-0.39, 0.29) is 0 Å². The van der Waals surface area contributed by atoms with Crippen LogP contribution in [0.5, 0.6) is 0 Å². The molecule has 0 bridgehead atoms. The molecule has 0 fully saturated rings. The number of nitrogens with two attached hydrogens (primary N) is 1. The second kappa shape index (κ2) is 3.92. The third-order valence-electron chi connectivity index (χ3n) is 1.41. The highest BCUT2D eigenvalue weighted by Gasteiger charge is 2.02. The molecular formula is C8H8BrClN2. The quantitative estimate of drug-likeness (QED) is 0.462. The van der Waals surface area contributed by atoms with Crippen LogP contribution in [0.4, 0.5) is 0 Å². The van der Waals surface area contributed by atoms with Gasteiger partial charge in [-0.2, -0.15) is 5.10 Å². The van der Waals surface area contributed by atoms with Crippen molar-refractivity contribution >= 4 is 33.7 Å². The monoisotopic (exact) mass is 246 g/mol. The molecule has 0 unspecified atom stereocenters. The SMILES string of the molecule is Cc1cc(Br)c(Cl)c(C=NN)c1. The largest absolute Gasteiger partial charge is 0.323 e. The summed E-state index contributed by atoms with van der Waals surface area (Å²) in [4.78, 5) is 0. The molecule has 12 heavy (non-hydrogen) atoms. The van der Waals surface area contributed by atoms with Gasteiger partial charge in [-0.05, 0) is 40.5 Å². The Morgan fingerprint density at radius 3 is 2.83 bits per heavy atom. The Labute approximate surface area is 84.5 Å². The fourth-order valence-corrected chi connectivity index (χ4v) is 1.67. The number of halogens is 2. The van der Waals surface area contributed by atoms with E-state index in [2.05, 4.69) is 21.0 Å². The van der Waals surface area contributed by atoms with Crippen LogP contribution in [-0.2, 0) is 0 Å². The van der Waals surface area contributed by atoms with Crippen LogP contribution in [-0.4, -0.2) is 6.21 Å². The van der Waals surface area contributed by atoms with E-state index in [9.17, 15) is 0 Å². The van der Waals surface area contributed by atoms with Crippen molar-refractivity contribution in [3.8, 4) is 0 Å². The first kappa shape index (κ1) is 9.55. The van der Waals surface area contributed by atoms with Gasteiger partial charge in [-0.25, -0.2) is 0 Å². The molecule has 0 radical (unpaired) electrons. The van der Waals surface area contributed by atoms with Crippen molar-refractivity contribution in [2.24, 2.45) is 10.9 Å². The van der Waals surface area contributed by atoms with Crippen molar-refractivity contribution in [3.05, 3.63) is 32.8 Å². The summed E-state index contributed by atoms with van der Waals surface area (Å²) >= 11 is 9.28. The molecule has 1 aromatic rings. The zero-order chi connectivity index (χ0) is 9.14. The zero-order valence-electron chi connectivity index (χ0n) is 6.51. The minimum Gasteiger partial charge on any atom is -0.323 e. The van der Waals surface area contributed by atoms with E-state index in [1.54, 1.807) is 0 Å². The van der Waals surface area contributed by atoms with E-state index in [1.165, 1.54) is 6.21 Å². The van der Waals surface area contributed by atoms with E-state index >= 15 is 0 Å². The Morgan fingerprint density at radius 2 is 2.25 bits per heavy atom. The van der Waals surface area contributed by atoms with Gasteiger partial charge in [0.05, 0.1) is 11.2 Å². The van der Waals surface area contributed by atoms with Crippen LogP contribution < -0.4 is 5.84 Å². The highest BCUT2D eigenvalue weighted by atomic mass is 79.9. The lowest BCUT2D eigenvalue weighted by molar-refractivity contribution is 1.26. The maximum atomic E-state index is 5.95. The van der Waals surface area contributed by atoms with Gasteiger partial charge in [0, 0.05) is 10.0 Å². The topological polar surface area (TPSA) is 38.4 Å². The lowest BCUT2D eigenvalue weighted by Gasteiger charge is -2.01. The molecule has 1 aromatic carbocycles. The van der Waals surface area contributed by atoms with Gasteiger partial charge in [0.15, 0.2) is 0 Å². The number of rotatable bonds is 1. The molecule has 0 aliphatic carbocycles. The number of hydrazone groups is 1. The molecule has 0 atom stereocenters. The van der Waals surface area contributed by atoms with Gasteiger partial charge in [-0.3, -0.25) is 0 Å². The number of hydrogen-bond acceptors (Lipinski definition) is 2. The zero-order valence-corrected chi connectivity index (χ0v) is 8.85. The molecule has 2 N–H and O–H groups in total. The number of benzene rings is 1. The average molecular weight is 248 g/mol. The summed E-state index contributed by atoms with van der Waals surface area (Å²) < 4.78 is 0.860. The first-order valence-corrected chi connectivity index (χ1v) is 4.51. The Bertz CT molecular complexity index is 323. The van der Waals surface area contributed by atoms with E-state index in [0.717, 1.165) is 15.6 Å². The summed E-state index contributed by atoms with van der Waals surface area (Å²) in [5.74, 6) is 5.03. The first-order valence-electron chi connectivity index (χ1n) is 3.34. The second-order valence-corrected chi connectivity index (χ2v) is 3.66. The van der Waals surface area contributed by atoms with E-state index in [0.29, 0.717) is 5.02 Å². The molecule has 4 heteroatoms. The minimum absolute atomic E-state index is 0.634. The molecule has 0 aliphatic heterocycles. The van der Waals surface area contributed by atoms with Crippen molar-refractivity contribution in [2.45, 2.75) is 6.92 Å². The molecule has 0 amide bonds. The molecule has 64 valence electrons. The molecule has 0 heterocycles. The fraction of sp³-hybridized carbons (Fsp3) is 0.125. The molecule has 0 saturated carbocycles. The van der Waals surface area contributed by atoms with Gasteiger partial charge in [0.25, 0.3) is 0 Å². The first-order chi connectivity index (χ1) is 5.65. The van der Waals surface area contributed by atoms with Gasteiger partial charge in [-0.15, -0.1) is 0 Å². The summed E-state index contributed by atoms with van der Waals surface area (Å²) in [5, 5.41) is 4.05. The van der Waals surface area contributed by atoms with Crippen molar-refractivity contribution in [2.75, 3.05) is 0 Å². The molecule has 0 saturated heterocycles. The summed E-state index contributed by atoms with van der Waals surface area (Å²) in [6, 6.07) is 3.86. The molecule has 0 aliphatic rings. The van der Waals surface area contributed by atoms with Crippen LogP contribution in [0.1, 0.15) is 11.1 Å². The van der Waals surface area contributed by atoms with Crippen molar-refractivity contribution in [3.63, 3.8) is 0 Å². The summed E-state index contributed by atoms with van der Waals surface area (Å²) in [6.45, 7) is 1.98. The van der Waals surface area contributed by atoms with Crippen molar-refractivity contribution in [1.29, 1.82) is 0 Å². The van der Waals surface area contributed by atoms with Crippen molar-refractivity contribution in [1.82, 2.24) is 0 Å². The smallest absolute Gasteiger partial charge is 0.0636 e. The van der Waals surface area contributed by atoms with E-state index < -0.39 is 0 Å². The minimum atomic E-state index is 0.634. The predicted octanol–water partition coefficient (Wildman–Crippen LogP) is 2.70. The summed E-state index contributed by atoms with van der Waals surface area (Å²) in [5.41, 5.74) is 1.94. The number of aryl methyl sites for hydroxylation is 1. The van der Waals surface area contributed by atoms with Crippen LogP contribution in [0.3, 0.4) is 0 Å². The molecule has 1 rings (SSSR count). The second-order valence-electron chi connectivity index (χ2n) is 2.43. The number of nitrogens with zero attached hydrogens (tertiary/aromatic N) is 1. The summed E-state index contributed by atoms with van der Waals surface area (Å²) in [6.07, 6.45) is 1.53. The lowest BCUT2D eigenvalue weighted by Crippen LogP contribution is -1.89. The van der Waals surface area contributed by atoms with Crippen LogP contribution in [0.15, 0.2) is 21.7 Å². The van der Waals surface area contributed by atoms with Crippen LogP contribution in [0.25, 0.3) is 0 Å². The standard InChI is InChI=1S/C8H8BrClN2/c1-5-2-6(4-12-11)8(10)7(9)3-5/h2-4H,11H2,1H3. The lowest BCUT2D eigenvalue weighted by atomic mass is 10.1. The molecule has 0 spiro atoms. The Balaban J connectivity index is 3.27. The van der Waals surface area contributed by atoms with Gasteiger partial charge in [-0.1, -0.05) is 11.6 Å². The molecule has 0 aromatic heterocycles. The fourth-order valence-electron chi connectivity index (χ4n) is 0.926. The van der Waals surface area contributed by atoms with Gasteiger partial charge < -0.3 is 5.84 Å². The Hall–Kier alpha value is -0.540. The third-order valence-corrected chi connectivity index (χ3v) is 2.69. The predicted molar refractivity (Wildman–Crippen MR) is 55.7 cm³/mol. The highest BCUT2D eigenvalue weighted by Crippen LogP contribution is 2.26. The molecular weight excluding hydrogens is 239 g/mol.